The number of carbonyl (C=O) groups is 3. The summed E-state index contributed by atoms with van der Waals surface area (Å²) >= 11 is 0. The Balaban J connectivity index is 2.67. The van der Waals surface area contributed by atoms with Crippen LogP contribution in [0.3, 0.4) is 0 Å². The van der Waals surface area contributed by atoms with E-state index in [1.807, 2.05) is 6.92 Å². The SMILES string of the molecule is CCCC(CCCNC(=O)/C=C(\O)C(=O)/C=C\NCCCOC)(CCCNC(=O)c1c(O)c(=O)ccn1CCOC)[N+](=O)[O-]. The van der Waals surface area contributed by atoms with E-state index in [9.17, 15) is 39.5 Å². The number of nitrogens with one attached hydrogen (secondary N) is 3. The number of amides is 2. The van der Waals surface area contributed by atoms with Crippen LogP contribution in [-0.2, 0) is 25.6 Å². The van der Waals surface area contributed by atoms with Gasteiger partial charge in [0.15, 0.2) is 17.2 Å². The molecule has 1 rings (SSSR count). The van der Waals surface area contributed by atoms with Crippen molar-refractivity contribution >= 4 is 17.6 Å². The van der Waals surface area contributed by atoms with Gasteiger partial charge < -0.3 is 40.2 Å². The molecule has 0 aliphatic rings. The van der Waals surface area contributed by atoms with Crippen LogP contribution in [0.1, 0.15) is 62.4 Å². The summed E-state index contributed by atoms with van der Waals surface area (Å²) in [6, 6.07) is 1.14. The average Bonchev–Trinajstić information content (AvgIpc) is 2.99. The standard InChI is InChI=1S/C29H45N5O10/c1-4-10-29(34(41)42,11-5-14-31-25(38)21-24(37)22(35)8-16-30-13-7-19-43-2)12-6-15-32-28(40)26-27(39)23(36)9-17-33(26)18-20-44-3/h8-9,16-17,21,30,37,39H,4-7,10-15,18-20H2,1-3H3,(H,31,38)(H,32,40)/b16-8-,24-21-. The van der Waals surface area contributed by atoms with E-state index >= 15 is 0 Å². The number of hydrogen-bond acceptors (Lipinski definition) is 11. The number of rotatable bonds is 23. The minimum atomic E-state index is -1.30. The molecule has 1 aromatic heterocycles. The maximum Gasteiger partial charge on any atom is 0.271 e. The first-order chi connectivity index (χ1) is 21.0. The van der Waals surface area contributed by atoms with Crippen LogP contribution in [0.15, 0.2) is 41.2 Å². The molecule has 1 unspecified atom stereocenters. The predicted molar refractivity (Wildman–Crippen MR) is 162 cm³/mol. The van der Waals surface area contributed by atoms with E-state index in [0.717, 1.165) is 24.6 Å². The van der Waals surface area contributed by atoms with Crippen molar-refractivity contribution < 1.29 is 39.0 Å². The summed E-state index contributed by atoms with van der Waals surface area (Å²) in [4.78, 5) is 60.6. The summed E-state index contributed by atoms with van der Waals surface area (Å²) in [7, 11) is 3.05. The van der Waals surface area contributed by atoms with E-state index in [0.29, 0.717) is 19.6 Å². The second kappa shape index (κ2) is 20.6. The number of aliphatic hydroxyl groups is 1. The summed E-state index contributed by atoms with van der Waals surface area (Å²) < 4.78 is 11.3. The van der Waals surface area contributed by atoms with Gasteiger partial charge in [0.1, 0.15) is 0 Å². The predicted octanol–water partition coefficient (Wildman–Crippen LogP) is 1.57. The van der Waals surface area contributed by atoms with Gasteiger partial charge in [0.2, 0.25) is 22.7 Å². The average molecular weight is 624 g/mol. The Morgan fingerprint density at radius 2 is 1.70 bits per heavy atom. The van der Waals surface area contributed by atoms with Gasteiger partial charge in [-0.3, -0.25) is 29.3 Å². The Morgan fingerprint density at radius 1 is 1.05 bits per heavy atom. The van der Waals surface area contributed by atoms with Gasteiger partial charge in [0.05, 0.1) is 6.61 Å². The third kappa shape index (κ3) is 13.0. The first-order valence-electron chi connectivity index (χ1n) is 14.5. The lowest BCUT2D eigenvalue weighted by molar-refractivity contribution is -0.574. The van der Waals surface area contributed by atoms with Gasteiger partial charge in [-0.15, -0.1) is 0 Å². The number of ether oxygens (including phenoxy) is 2. The molecule has 1 heterocycles. The zero-order chi connectivity index (χ0) is 33.0. The van der Waals surface area contributed by atoms with Crippen LogP contribution in [-0.4, -0.2) is 89.9 Å². The van der Waals surface area contributed by atoms with Crippen LogP contribution < -0.4 is 21.4 Å². The van der Waals surface area contributed by atoms with Crippen molar-refractivity contribution in [3.63, 3.8) is 0 Å². The number of aromatic nitrogens is 1. The minimum absolute atomic E-state index is 0.0664. The van der Waals surface area contributed by atoms with Crippen molar-refractivity contribution in [1.29, 1.82) is 0 Å². The van der Waals surface area contributed by atoms with E-state index in [1.54, 1.807) is 7.11 Å². The number of aliphatic hydroxyl groups excluding tert-OH is 1. The highest BCUT2D eigenvalue weighted by Crippen LogP contribution is 2.29. The first kappa shape index (κ1) is 37.8. The van der Waals surface area contributed by atoms with E-state index in [2.05, 4.69) is 16.0 Å². The molecular formula is C29H45N5O10. The maximum absolute atomic E-state index is 12.8. The van der Waals surface area contributed by atoms with Gasteiger partial charge in [-0.05, 0) is 25.7 Å². The maximum atomic E-state index is 12.8. The highest BCUT2D eigenvalue weighted by molar-refractivity contribution is 6.06. The molecule has 15 heteroatoms. The summed E-state index contributed by atoms with van der Waals surface area (Å²) in [5, 5.41) is 40.2. The zero-order valence-electron chi connectivity index (χ0n) is 25.6. The van der Waals surface area contributed by atoms with Gasteiger partial charge >= 0.3 is 0 Å². The second-order valence-corrected chi connectivity index (χ2v) is 10.1. The number of hydrogen-bond donors (Lipinski definition) is 5. The van der Waals surface area contributed by atoms with Crippen LogP contribution in [0.25, 0.3) is 0 Å². The second-order valence-electron chi connectivity index (χ2n) is 10.1. The molecule has 246 valence electrons. The van der Waals surface area contributed by atoms with E-state index in [1.165, 1.54) is 24.1 Å². The Hall–Kier alpha value is -4.24. The number of carbonyl (C=O) groups excluding carboxylic acids is 3. The van der Waals surface area contributed by atoms with Gasteiger partial charge in [-0.2, -0.15) is 0 Å². The summed E-state index contributed by atoms with van der Waals surface area (Å²) in [6.45, 7) is 3.56. The molecule has 5 N–H and O–H groups in total. The van der Waals surface area contributed by atoms with E-state index < -0.39 is 40.1 Å². The fourth-order valence-electron chi connectivity index (χ4n) is 4.49. The normalized spacial score (nSPS) is 12.9. The molecular weight excluding hydrogens is 578 g/mol. The lowest BCUT2D eigenvalue weighted by atomic mass is 9.84. The zero-order valence-corrected chi connectivity index (χ0v) is 25.6. The molecule has 0 spiro atoms. The number of ketones is 1. The molecule has 0 radical (unpaired) electrons. The number of nitrogens with zero attached hydrogens (tertiary/aromatic N) is 2. The van der Waals surface area contributed by atoms with Gasteiger partial charge in [-0.1, -0.05) is 6.92 Å². The lowest BCUT2D eigenvalue weighted by Gasteiger charge is -2.25. The Bertz CT molecular complexity index is 1210. The number of aromatic hydroxyl groups is 1. The van der Waals surface area contributed by atoms with Gasteiger partial charge in [0, 0.05) is 102 Å². The van der Waals surface area contributed by atoms with Crippen molar-refractivity contribution in [1.82, 2.24) is 20.5 Å². The third-order valence-corrected chi connectivity index (χ3v) is 6.77. The largest absolute Gasteiger partial charge is 0.504 e. The molecule has 15 nitrogen and oxygen atoms in total. The minimum Gasteiger partial charge on any atom is -0.504 e. The molecule has 0 saturated heterocycles. The molecule has 1 aromatic rings. The third-order valence-electron chi connectivity index (χ3n) is 6.77. The summed E-state index contributed by atoms with van der Waals surface area (Å²) in [6.07, 6.45) is 6.93. The van der Waals surface area contributed by atoms with Crippen molar-refractivity contribution in [3.05, 3.63) is 62.4 Å². The van der Waals surface area contributed by atoms with E-state index in [4.69, 9.17) is 9.47 Å². The fraction of sp³-hybridized carbons (Fsp3) is 0.586. The van der Waals surface area contributed by atoms with Crippen molar-refractivity contribution in [2.45, 2.75) is 64.0 Å². The number of methoxy groups -OCH3 is 2. The molecule has 0 saturated carbocycles. The first-order valence-corrected chi connectivity index (χ1v) is 14.5. The summed E-state index contributed by atoms with van der Waals surface area (Å²) in [5.41, 5.74) is -2.22. The molecule has 0 fully saturated rings. The van der Waals surface area contributed by atoms with Crippen LogP contribution >= 0.6 is 0 Å². The van der Waals surface area contributed by atoms with Crippen LogP contribution in [0.4, 0.5) is 0 Å². The molecule has 44 heavy (non-hydrogen) atoms. The number of pyridine rings is 1. The molecule has 0 aliphatic heterocycles. The van der Waals surface area contributed by atoms with Crippen molar-refractivity contribution in [3.8, 4) is 5.75 Å². The van der Waals surface area contributed by atoms with Crippen molar-refractivity contribution in [2.75, 3.05) is 47.1 Å². The van der Waals surface area contributed by atoms with Crippen molar-refractivity contribution in [2.24, 2.45) is 0 Å². The van der Waals surface area contributed by atoms with Gasteiger partial charge in [-0.25, -0.2) is 0 Å². The molecule has 0 aromatic carbocycles. The van der Waals surface area contributed by atoms with Crippen LogP contribution in [0.5, 0.6) is 5.75 Å². The summed E-state index contributed by atoms with van der Waals surface area (Å²) in [5.74, 6) is -3.60. The smallest absolute Gasteiger partial charge is 0.271 e. The highest BCUT2D eigenvalue weighted by atomic mass is 16.6. The Kier molecular flexibility index (Phi) is 17.7. The topological polar surface area (TPSA) is 211 Å². The monoisotopic (exact) mass is 623 g/mol. The van der Waals surface area contributed by atoms with Crippen LogP contribution in [0, 0.1) is 10.1 Å². The Labute approximate surface area is 256 Å². The van der Waals surface area contributed by atoms with Gasteiger partial charge in [0.25, 0.3) is 5.91 Å². The van der Waals surface area contributed by atoms with Crippen LogP contribution in [0.2, 0.25) is 0 Å². The quantitative estimate of drug-likeness (QED) is 0.0388. The molecule has 0 bridgehead atoms. The molecule has 0 aliphatic carbocycles. The fourth-order valence-corrected chi connectivity index (χ4v) is 4.49. The number of nitro groups is 1. The van der Waals surface area contributed by atoms with E-state index in [-0.39, 0.29) is 69.0 Å². The lowest BCUT2D eigenvalue weighted by Crippen LogP contribution is -2.40. The molecule has 2 amide bonds. The molecule has 1 atom stereocenters. The highest BCUT2D eigenvalue weighted by Gasteiger charge is 2.40. The number of allylic oxidation sites excluding steroid dienone is 1. The Morgan fingerprint density at radius 3 is 2.32 bits per heavy atom.